The Kier molecular flexibility index (Phi) is 7.17. The Morgan fingerprint density at radius 1 is 1.35 bits per heavy atom. The van der Waals surface area contributed by atoms with Gasteiger partial charge >= 0.3 is 0 Å². The summed E-state index contributed by atoms with van der Waals surface area (Å²) in [5, 5.41) is 49.0. The Bertz CT molecular complexity index is 317. The Labute approximate surface area is 120 Å². The van der Waals surface area contributed by atoms with Gasteiger partial charge < -0.3 is 35.6 Å². The van der Waals surface area contributed by atoms with Crippen molar-refractivity contribution in [3.8, 4) is 0 Å². The van der Waals surface area contributed by atoms with Crippen molar-refractivity contribution in [2.75, 3.05) is 12.4 Å². The van der Waals surface area contributed by atoms with Crippen LogP contribution in [0.2, 0.25) is 0 Å². The lowest BCUT2D eigenvalue weighted by molar-refractivity contribution is -0.173. The Morgan fingerprint density at radius 2 is 2.00 bits per heavy atom. The lowest BCUT2D eigenvalue weighted by Gasteiger charge is -2.42. The smallest absolute Gasteiger partial charge is 0.217 e. The zero-order chi connectivity index (χ0) is 15.3. The number of aliphatic hydroxyl groups is 5. The third-order valence-corrected chi connectivity index (χ3v) is 4.11. The molecule has 0 aromatic rings. The number of carbonyl (C=O) groups is 1. The fourth-order valence-corrected chi connectivity index (χ4v) is 3.14. The van der Waals surface area contributed by atoms with Crippen molar-refractivity contribution in [1.82, 2.24) is 5.32 Å². The second kappa shape index (κ2) is 8.13. The van der Waals surface area contributed by atoms with Crippen LogP contribution in [0.4, 0.5) is 0 Å². The number of aliphatic hydroxyl groups excluding tert-OH is 4. The van der Waals surface area contributed by atoms with Crippen LogP contribution in [0, 0.1) is 0 Å². The van der Waals surface area contributed by atoms with E-state index in [1.54, 1.807) is 0 Å². The maximum Gasteiger partial charge on any atom is 0.217 e. The third-order valence-electron chi connectivity index (χ3n) is 2.91. The van der Waals surface area contributed by atoms with Crippen LogP contribution in [0.5, 0.6) is 0 Å². The van der Waals surface area contributed by atoms with Crippen molar-refractivity contribution >= 4 is 17.7 Å². The molecule has 118 valence electrons. The largest absolute Gasteiger partial charge is 0.394 e. The molecule has 0 aliphatic carbocycles. The number of thioether (sulfide) groups is 1. The average Bonchev–Trinajstić information content (AvgIpc) is 2.36. The van der Waals surface area contributed by atoms with Gasteiger partial charge in [0, 0.05) is 19.1 Å². The van der Waals surface area contributed by atoms with Gasteiger partial charge in [-0.25, -0.2) is 0 Å². The number of ether oxygens (including phenoxy) is 1. The molecule has 0 aromatic heterocycles. The molecule has 1 fully saturated rings. The average molecular weight is 311 g/mol. The van der Waals surface area contributed by atoms with Gasteiger partial charge in [0.15, 0.2) is 6.29 Å². The highest BCUT2D eigenvalue weighted by Crippen LogP contribution is 2.29. The molecule has 1 heterocycles. The van der Waals surface area contributed by atoms with Crippen molar-refractivity contribution in [2.45, 2.75) is 49.4 Å². The molecule has 0 bridgehead atoms. The zero-order valence-electron chi connectivity index (χ0n) is 11.0. The summed E-state index contributed by atoms with van der Waals surface area (Å²) in [6.07, 6.45) is -4.89. The van der Waals surface area contributed by atoms with E-state index in [-0.39, 0.29) is 12.3 Å². The highest BCUT2D eigenvalue weighted by Gasteiger charge is 2.44. The predicted molar refractivity (Wildman–Crippen MR) is 70.7 cm³/mol. The first kappa shape index (κ1) is 17.6. The minimum atomic E-state index is -1.45. The fraction of sp³-hybridized carbons (Fsp3) is 0.909. The van der Waals surface area contributed by atoms with E-state index >= 15 is 0 Å². The highest BCUT2D eigenvalue weighted by molar-refractivity contribution is 7.99. The molecule has 0 unspecified atom stereocenters. The van der Waals surface area contributed by atoms with Crippen molar-refractivity contribution in [2.24, 2.45) is 0 Å². The van der Waals surface area contributed by atoms with Gasteiger partial charge in [-0.05, 0) is 0 Å². The second-order valence-corrected chi connectivity index (χ2v) is 5.78. The van der Waals surface area contributed by atoms with Crippen molar-refractivity contribution in [1.29, 1.82) is 0 Å². The van der Waals surface area contributed by atoms with Gasteiger partial charge in [-0.1, -0.05) is 0 Å². The molecule has 1 aliphatic heterocycles. The van der Waals surface area contributed by atoms with Crippen LogP contribution in [0.3, 0.4) is 0 Å². The molecule has 8 nitrogen and oxygen atoms in total. The Hall–Kier alpha value is -0.420. The molecule has 5 atom stereocenters. The summed E-state index contributed by atoms with van der Waals surface area (Å²) in [6, 6.07) is -0.842. The quantitative estimate of drug-likeness (QED) is 0.293. The van der Waals surface area contributed by atoms with E-state index in [9.17, 15) is 15.0 Å². The van der Waals surface area contributed by atoms with Gasteiger partial charge in [-0.3, -0.25) is 4.79 Å². The molecule has 0 radical (unpaired) electrons. The molecular formula is C11H21NO7S. The van der Waals surface area contributed by atoms with Crippen LogP contribution < -0.4 is 5.32 Å². The monoisotopic (exact) mass is 311 g/mol. The van der Waals surface area contributed by atoms with Crippen LogP contribution in [-0.4, -0.2) is 79.9 Å². The molecule has 0 aromatic carbocycles. The molecule has 9 heteroatoms. The lowest BCUT2D eigenvalue weighted by Crippen LogP contribution is -2.63. The van der Waals surface area contributed by atoms with Gasteiger partial charge in [0.05, 0.1) is 12.6 Å². The van der Waals surface area contributed by atoms with E-state index in [2.05, 4.69) is 5.32 Å². The minimum Gasteiger partial charge on any atom is -0.394 e. The first-order valence-electron chi connectivity index (χ1n) is 6.24. The second-order valence-electron chi connectivity index (χ2n) is 4.57. The molecule has 1 amide bonds. The van der Waals surface area contributed by atoms with Crippen LogP contribution in [0.1, 0.15) is 13.3 Å². The molecule has 1 saturated heterocycles. The van der Waals surface area contributed by atoms with Crippen LogP contribution in [0.25, 0.3) is 0 Å². The van der Waals surface area contributed by atoms with Crippen molar-refractivity contribution in [3.05, 3.63) is 0 Å². The maximum absolute atomic E-state index is 11.1. The highest BCUT2D eigenvalue weighted by atomic mass is 32.2. The summed E-state index contributed by atoms with van der Waals surface area (Å²) in [5.41, 5.74) is -0.701. The van der Waals surface area contributed by atoms with Crippen LogP contribution in [-0.2, 0) is 9.53 Å². The van der Waals surface area contributed by atoms with Crippen LogP contribution >= 0.6 is 11.8 Å². The summed E-state index contributed by atoms with van der Waals surface area (Å²) in [4.78, 5) is 11.1. The summed E-state index contributed by atoms with van der Waals surface area (Å²) in [6.45, 7) is 0.807. The summed E-state index contributed by atoms with van der Waals surface area (Å²) in [5.74, 6) is -0.0700. The molecule has 20 heavy (non-hydrogen) atoms. The maximum atomic E-state index is 11.1. The van der Waals surface area contributed by atoms with E-state index < -0.39 is 42.7 Å². The topological polar surface area (TPSA) is 139 Å². The van der Waals surface area contributed by atoms with E-state index in [0.29, 0.717) is 5.75 Å². The van der Waals surface area contributed by atoms with Crippen molar-refractivity contribution < 1.29 is 35.1 Å². The molecule has 1 aliphatic rings. The van der Waals surface area contributed by atoms with Gasteiger partial charge in [-0.2, -0.15) is 0 Å². The standard InChI is InChI=1S/C11H21NO7S/c1-5(14)12-8-10(18)9(17)6(4-13)19-11(8)20-3-2-7(15)16/h6-11,13,15-18H,2-4H2,1H3,(H,12,14)/t6-,8-,9+,10-,11+/m1/s1. The van der Waals surface area contributed by atoms with Gasteiger partial charge in [-0.15, -0.1) is 11.8 Å². The number of hydrogen-bond donors (Lipinski definition) is 6. The Morgan fingerprint density at radius 3 is 2.50 bits per heavy atom. The van der Waals surface area contributed by atoms with Crippen molar-refractivity contribution in [3.63, 3.8) is 0 Å². The SMILES string of the molecule is CC(=O)N[C@@H]1[C@@H](O)[C@@H](O)[C@@H](CO)O[C@H]1SCCC(O)O. The number of carbonyl (C=O) groups excluding carboxylic acids is 1. The molecule has 6 N–H and O–H groups in total. The molecule has 1 rings (SSSR count). The zero-order valence-corrected chi connectivity index (χ0v) is 11.9. The normalized spacial score (nSPS) is 34.2. The molecular weight excluding hydrogens is 290 g/mol. The van der Waals surface area contributed by atoms with E-state index in [1.165, 1.54) is 6.92 Å². The summed E-state index contributed by atoms with van der Waals surface area (Å²) < 4.78 is 5.44. The summed E-state index contributed by atoms with van der Waals surface area (Å²) in [7, 11) is 0. The predicted octanol–water partition coefficient (Wildman–Crippen LogP) is -2.64. The molecule has 0 saturated carbocycles. The molecule has 0 spiro atoms. The van der Waals surface area contributed by atoms with Gasteiger partial charge in [0.1, 0.15) is 23.7 Å². The number of nitrogens with one attached hydrogen (secondary N) is 1. The number of amides is 1. The number of rotatable bonds is 6. The van der Waals surface area contributed by atoms with Crippen LogP contribution in [0.15, 0.2) is 0 Å². The fourth-order valence-electron chi connectivity index (χ4n) is 1.90. The minimum absolute atomic E-state index is 0.0970. The first-order valence-corrected chi connectivity index (χ1v) is 7.29. The van der Waals surface area contributed by atoms with Gasteiger partial charge in [0.25, 0.3) is 0 Å². The van der Waals surface area contributed by atoms with E-state index in [0.717, 1.165) is 11.8 Å². The number of hydrogen-bond acceptors (Lipinski definition) is 8. The van der Waals surface area contributed by atoms with Gasteiger partial charge in [0.2, 0.25) is 5.91 Å². The lowest BCUT2D eigenvalue weighted by atomic mass is 9.98. The summed E-state index contributed by atoms with van der Waals surface area (Å²) >= 11 is 1.16. The van der Waals surface area contributed by atoms with E-state index in [4.69, 9.17) is 20.1 Å². The van der Waals surface area contributed by atoms with E-state index in [1.807, 2.05) is 0 Å². The first-order chi connectivity index (χ1) is 9.36. The Balaban J connectivity index is 2.70. The third kappa shape index (κ3) is 4.85.